The fourth-order valence-corrected chi connectivity index (χ4v) is 2.57. The highest BCUT2D eigenvalue weighted by Gasteiger charge is 2.16. The molecule has 0 unspecified atom stereocenters. The Bertz CT molecular complexity index is 693. The van der Waals surface area contributed by atoms with E-state index in [2.05, 4.69) is 16.8 Å². The van der Waals surface area contributed by atoms with Gasteiger partial charge in [0.25, 0.3) is 0 Å². The van der Waals surface area contributed by atoms with Gasteiger partial charge in [0.15, 0.2) is 0 Å². The number of nitrogens with one attached hydrogen (secondary N) is 1. The first-order valence-electron chi connectivity index (χ1n) is 7.23. The molecule has 0 aliphatic carbocycles. The minimum absolute atomic E-state index is 0.459. The molecule has 0 aliphatic rings. The van der Waals surface area contributed by atoms with Crippen LogP contribution in [0.3, 0.4) is 0 Å². The van der Waals surface area contributed by atoms with Crippen LogP contribution in [0.4, 0.5) is 5.69 Å². The highest BCUT2D eigenvalue weighted by molar-refractivity contribution is 6.31. The van der Waals surface area contributed by atoms with Crippen molar-refractivity contribution >= 4 is 28.8 Å². The van der Waals surface area contributed by atoms with E-state index in [1.807, 2.05) is 55.5 Å². The maximum absolute atomic E-state index is 8.55. The molecule has 1 N–H and O–H groups in total. The molecular formula is C18H20ClN3. The van der Waals surface area contributed by atoms with Gasteiger partial charge in [0.2, 0.25) is 0 Å². The molecule has 2 aromatic carbocycles. The molecule has 0 bridgehead atoms. The highest BCUT2D eigenvalue weighted by Crippen LogP contribution is 2.27. The number of amidine groups is 1. The second kappa shape index (κ2) is 7.23. The molecular weight excluding hydrogens is 294 g/mol. The van der Waals surface area contributed by atoms with E-state index in [-0.39, 0.29) is 0 Å². The zero-order valence-corrected chi connectivity index (χ0v) is 13.9. The first kappa shape index (κ1) is 16.2. The lowest BCUT2D eigenvalue weighted by Crippen LogP contribution is -2.30. The molecule has 0 spiro atoms. The van der Waals surface area contributed by atoms with E-state index >= 15 is 0 Å². The lowest BCUT2D eigenvalue weighted by molar-refractivity contribution is 1.04. The maximum Gasteiger partial charge on any atom is 0.0998 e. The van der Waals surface area contributed by atoms with Crippen LogP contribution in [0.1, 0.15) is 25.0 Å². The highest BCUT2D eigenvalue weighted by atomic mass is 35.5. The zero-order chi connectivity index (χ0) is 16.1. The number of aliphatic imine (C=N–C) groups is 1. The summed E-state index contributed by atoms with van der Waals surface area (Å²) in [5.74, 6) is 0.909. The van der Waals surface area contributed by atoms with E-state index in [1.54, 1.807) is 7.05 Å². The van der Waals surface area contributed by atoms with Gasteiger partial charge in [-0.3, -0.25) is 10.4 Å². The lowest BCUT2D eigenvalue weighted by atomic mass is 10.00. The van der Waals surface area contributed by atoms with Crippen molar-refractivity contribution in [3.63, 3.8) is 0 Å². The molecule has 0 aromatic heterocycles. The van der Waals surface area contributed by atoms with E-state index in [9.17, 15) is 0 Å². The van der Waals surface area contributed by atoms with Crippen molar-refractivity contribution in [2.45, 2.75) is 13.8 Å². The van der Waals surface area contributed by atoms with E-state index in [0.29, 0.717) is 10.7 Å². The predicted molar refractivity (Wildman–Crippen MR) is 95.9 cm³/mol. The molecule has 0 saturated heterocycles. The second-order valence-corrected chi connectivity index (χ2v) is 5.35. The van der Waals surface area contributed by atoms with Crippen molar-refractivity contribution in [1.29, 1.82) is 5.41 Å². The minimum atomic E-state index is 0.459. The Balaban J connectivity index is 2.55. The molecule has 0 radical (unpaired) electrons. The van der Waals surface area contributed by atoms with Crippen LogP contribution < -0.4 is 4.90 Å². The van der Waals surface area contributed by atoms with Crippen LogP contribution in [-0.2, 0) is 0 Å². The van der Waals surface area contributed by atoms with E-state index in [4.69, 9.17) is 17.0 Å². The Morgan fingerprint density at radius 1 is 1.18 bits per heavy atom. The quantitative estimate of drug-likeness (QED) is 0.648. The molecule has 0 heterocycles. The molecule has 0 fully saturated rings. The second-order valence-electron chi connectivity index (χ2n) is 4.92. The fourth-order valence-electron chi connectivity index (χ4n) is 2.40. The topological polar surface area (TPSA) is 39.5 Å². The zero-order valence-electron chi connectivity index (χ0n) is 13.1. The first-order valence-corrected chi connectivity index (χ1v) is 7.61. The fraction of sp³-hybridized carbons (Fsp3) is 0.222. The summed E-state index contributed by atoms with van der Waals surface area (Å²) in [5.41, 5.74) is 3.08. The number of hydrogen-bond acceptors (Lipinski definition) is 2. The molecule has 0 saturated carbocycles. The summed E-state index contributed by atoms with van der Waals surface area (Å²) in [6.45, 7) is 4.81. The number of hydrogen-bond donors (Lipinski definition) is 1. The van der Waals surface area contributed by atoms with E-state index in [0.717, 1.165) is 29.2 Å². The third-order valence-corrected chi connectivity index (χ3v) is 3.85. The van der Waals surface area contributed by atoms with Gasteiger partial charge >= 0.3 is 0 Å². The van der Waals surface area contributed by atoms with E-state index < -0.39 is 0 Å². The van der Waals surface area contributed by atoms with Gasteiger partial charge < -0.3 is 4.90 Å². The molecule has 22 heavy (non-hydrogen) atoms. The van der Waals surface area contributed by atoms with Crippen LogP contribution in [0.5, 0.6) is 0 Å². The summed E-state index contributed by atoms with van der Waals surface area (Å²) >= 11 is 6.16. The largest absolute Gasteiger partial charge is 0.330 e. The summed E-state index contributed by atoms with van der Waals surface area (Å²) in [5, 5.41) is 9.18. The summed E-state index contributed by atoms with van der Waals surface area (Å²) < 4.78 is 0. The molecule has 0 amide bonds. The molecule has 3 nitrogen and oxygen atoms in total. The molecule has 2 aromatic rings. The molecule has 0 atom stereocenters. The van der Waals surface area contributed by atoms with Crippen LogP contribution in [0.15, 0.2) is 53.5 Å². The number of anilines is 1. The Kier molecular flexibility index (Phi) is 5.34. The van der Waals surface area contributed by atoms with Gasteiger partial charge in [0.05, 0.1) is 17.2 Å². The normalized spacial score (nSPS) is 11.4. The summed E-state index contributed by atoms with van der Waals surface area (Å²) in [7, 11) is 1.77. The lowest BCUT2D eigenvalue weighted by Gasteiger charge is -2.25. The van der Waals surface area contributed by atoms with Crippen molar-refractivity contribution in [1.82, 2.24) is 0 Å². The van der Waals surface area contributed by atoms with Gasteiger partial charge in [-0.2, -0.15) is 0 Å². The van der Waals surface area contributed by atoms with Crippen LogP contribution in [0.25, 0.3) is 0 Å². The smallest absolute Gasteiger partial charge is 0.0998 e. The Morgan fingerprint density at radius 3 is 2.45 bits per heavy atom. The van der Waals surface area contributed by atoms with Crippen molar-refractivity contribution in [2.75, 3.05) is 18.5 Å². The standard InChI is InChI=1S/C18H20ClN3/c1-4-22(13(2)21-3)17-11-10-15(19)12-16(17)18(20)14-8-6-5-7-9-14/h5-12,20H,4H2,1-3H3. The monoisotopic (exact) mass is 313 g/mol. The van der Waals surface area contributed by atoms with Gasteiger partial charge in [0.1, 0.15) is 0 Å². The molecule has 0 aliphatic heterocycles. The Hall–Kier alpha value is -2.13. The number of rotatable bonds is 4. The molecule has 2 rings (SSSR count). The van der Waals surface area contributed by atoms with Crippen LogP contribution in [0, 0.1) is 5.41 Å². The number of benzene rings is 2. The average Bonchev–Trinajstić information content (AvgIpc) is 2.56. The van der Waals surface area contributed by atoms with Crippen molar-refractivity contribution in [3.05, 3.63) is 64.7 Å². The number of nitrogens with zero attached hydrogens (tertiary/aromatic N) is 2. The van der Waals surface area contributed by atoms with Crippen molar-refractivity contribution in [2.24, 2.45) is 4.99 Å². The van der Waals surface area contributed by atoms with Gasteiger partial charge in [-0.05, 0) is 32.0 Å². The van der Waals surface area contributed by atoms with Crippen LogP contribution in [-0.4, -0.2) is 25.1 Å². The predicted octanol–water partition coefficient (Wildman–Crippen LogP) is 4.63. The van der Waals surface area contributed by atoms with Crippen LogP contribution >= 0.6 is 11.6 Å². The first-order chi connectivity index (χ1) is 10.6. The van der Waals surface area contributed by atoms with Gasteiger partial charge in [-0.1, -0.05) is 41.9 Å². The minimum Gasteiger partial charge on any atom is -0.330 e. The van der Waals surface area contributed by atoms with Crippen molar-refractivity contribution in [3.8, 4) is 0 Å². The average molecular weight is 314 g/mol. The Labute approximate surface area is 136 Å². The van der Waals surface area contributed by atoms with Gasteiger partial charge in [-0.15, -0.1) is 0 Å². The van der Waals surface area contributed by atoms with Gasteiger partial charge in [-0.25, -0.2) is 0 Å². The maximum atomic E-state index is 8.55. The summed E-state index contributed by atoms with van der Waals surface area (Å²) in [6, 6.07) is 15.3. The molecule has 114 valence electrons. The Morgan fingerprint density at radius 2 is 1.86 bits per heavy atom. The number of halogens is 1. The third kappa shape index (κ3) is 3.37. The third-order valence-electron chi connectivity index (χ3n) is 3.61. The van der Waals surface area contributed by atoms with Crippen molar-refractivity contribution < 1.29 is 0 Å². The summed E-state index contributed by atoms with van der Waals surface area (Å²) in [4.78, 5) is 6.36. The van der Waals surface area contributed by atoms with Crippen LogP contribution in [0.2, 0.25) is 5.02 Å². The van der Waals surface area contributed by atoms with Gasteiger partial charge in [0, 0.05) is 29.7 Å². The molecule has 4 heteroatoms. The SMILES string of the molecule is CCN(C(C)=NC)c1ccc(Cl)cc1C(=N)c1ccccc1. The summed E-state index contributed by atoms with van der Waals surface area (Å²) in [6.07, 6.45) is 0. The van der Waals surface area contributed by atoms with E-state index in [1.165, 1.54) is 0 Å².